The van der Waals surface area contributed by atoms with Gasteiger partial charge in [-0.25, -0.2) is 0 Å². The number of rotatable bonds is 3. The molecule has 6 heteroatoms. The molecule has 5 rings (SSSR count). The molecule has 130 valence electrons. The molecule has 2 N–H and O–H groups in total. The monoisotopic (exact) mass is 355 g/mol. The lowest BCUT2D eigenvalue weighted by Crippen LogP contribution is -2.61. The van der Waals surface area contributed by atoms with Gasteiger partial charge in [0, 0.05) is 16.1 Å². The van der Waals surface area contributed by atoms with Crippen molar-refractivity contribution >= 4 is 29.3 Å². The second-order valence-electron chi connectivity index (χ2n) is 7.82. The number of thiocyanates is 1. The Balaban J connectivity index is 1.38. The number of hydrogen-bond acceptors (Lipinski definition) is 4. The van der Waals surface area contributed by atoms with Crippen molar-refractivity contribution in [2.75, 3.05) is 5.32 Å². The second kappa shape index (κ2) is 6.38. The molecule has 2 amide bonds. The number of benzene rings is 1. The zero-order chi connectivity index (χ0) is 17.4. The summed E-state index contributed by atoms with van der Waals surface area (Å²) in [6.07, 6.45) is 6.98. The number of anilines is 1. The largest absolute Gasteiger partial charge is 0.342 e. The van der Waals surface area contributed by atoms with E-state index in [0.717, 1.165) is 53.7 Å². The number of amides is 2. The highest BCUT2D eigenvalue weighted by Gasteiger charge is 2.51. The first kappa shape index (κ1) is 16.5. The molecular weight excluding hydrogens is 334 g/mol. The van der Waals surface area contributed by atoms with Gasteiger partial charge in [0.2, 0.25) is 0 Å². The van der Waals surface area contributed by atoms with Crippen LogP contribution in [0.15, 0.2) is 29.2 Å². The molecule has 0 aliphatic heterocycles. The maximum atomic E-state index is 12.4. The maximum absolute atomic E-state index is 12.4. The molecule has 0 saturated heterocycles. The molecule has 0 atom stereocenters. The topological polar surface area (TPSA) is 82.0 Å². The van der Waals surface area contributed by atoms with Gasteiger partial charge in [-0.05, 0) is 92.3 Å². The normalized spacial score (nSPS) is 32.0. The van der Waals surface area contributed by atoms with Crippen LogP contribution in [0.4, 0.5) is 5.69 Å². The fraction of sp³-hybridized carbons (Fsp3) is 0.526. The minimum absolute atomic E-state index is 0.156. The lowest BCUT2D eigenvalue weighted by atomic mass is 9.53. The van der Waals surface area contributed by atoms with Crippen molar-refractivity contribution < 1.29 is 9.59 Å². The fourth-order valence-corrected chi connectivity index (χ4v) is 5.79. The van der Waals surface area contributed by atoms with E-state index < -0.39 is 11.8 Å². The number of hydrogen-bond donors (Lipinski definition) is 2. The van der Waals surface area contributed by atoms with Gasteiger partial charge in [-0.3, -0.25) is 9.59 Å². The van der Waals surface area contributed by atoms with Gasteiger partial charge >= 0.3 is 11.8 Å². The predicted octanol–water partition coefficient (Wildman–Crippen LogP) is 3.28. The molecule has 4 bridgehead atoms. The van der Waals surface area contributed by atoms with Gasteiger partial charge in [0.25, 0.3) is 0 Å². The summed E-state index contributed by atoms with van der Waals surface area (Å²) in [7, 11) is 0. The van der Waals surface area contributed by atoms with Crippen molar-refractivity contribution in [2.45, 2.75) is 49.0 Å². The van der Waals surface area contributed by atoms with Crippen LogP contribution in [0, 0.1) is 28.4 Å². The first-order valence-electron chi connectivity index (χ1n) is 8.85. The van der Waals surface area contributed by atoms with E-state index in [0.29, 0.717) is 5.69 Å². The third-order valence-corrected chi connectivity index (χ3v) is 6.50. The van der Waals surface area contributed by atoms with E-state index in [-0.39, 0.29) is 5.54 Å². The first-order chi connectivity index (χ1) is 12.0. The predicted molar refractivity (Wildman–Crippen MR) is 95.6 cm³/mol. The van der Waals surface area contributed by atoms with Crippen LogP contribution in [-0.2, 0) is 9.59 Å². The minimum atomic E-state index is -0.614. The Labute approximate surface area is 151 Å². The first-order valence-corrected chi connectivity index (χ1v) is 9.66. The standard InChI is InChI=1S/C19H21N3O2S/c20-11-25-16-3-1-15(2-4-16)21-17(23)18(24)22-19-8-12-5-13(9-19)7-14(6-12)10-19/h1-4,12-14H,5-10H2,(H,21,23)(H,22,24). The molecule has 0 spiro atoms. The quantitative estimate of drug-likeness (QED) is 0.495. The van der Waals surface area contributed by atoms with E-state index in [9.17, 15) is 9.59 Å². The zero-order valence-electron chi connectivity index (χ0n) is 14.0. The summed E-state index contributed by atoms with van der Waals surface area (Å²) in [6, 6.07) is 6.91. The molecule has 0 aromatic heterocycles. The SMILES string of the molecule is N#CSc1ccc(NC(=O)C(=O)NC23CC4CC(CC(C4)C2)C3)cc1. The van der Waals surface area contributed by atoms with E-state index in [4.69, 9.17) is 5.26 Å². The second-order valence-corrected chi connectivity index (χ2v) is 8.68. The Morgan fingerprint density at radius 2 is 1.56 bits per heavy atom. The van der Waals surface area contributed by atoms with Crippen LogP contribution in [0.5, 0.6) is 0 Å². The third-order valence-electron chi connectivity index (χ3n) is 5.90. The van der Waals surface area contributed by atoms with Gasteiger partial charge in [0.1, 0.15) is 5.40 Å². The zero-order valence-corrected chi connectivity index (χ0v) is 14.8. The van der Waals surface area contributed by atoms with Crippen molar-refractivity contribution in [1.82, 2.24) is 5.32 Å². The van der Waals surface area contributed by atoms with Gasteiger partial charge in [-0.15, -0.1) is 0 Å². The van der Waals surface area contributed by atoms with Crippen molar-refractivity contribution in [2.24, 2.45) is 17.8 Å². The lowest BCUT2D eigenvalue weighted by molar-refractivity contribution is -0.139. The summed E-state index contributed by atoms with van der Waals surface area (Å²) in [4.78, 5) is 25.5. The molecular formula is C19H21N3O2S. The Morgan fingerprint density at radius 3 is 2.08 bits per heavy atom. The summed E-state index contributed by atoms with van der Waals surface area (Å²) < 4.78 is 0. The Morgan fingerprint density at radius 1 is 1.00 bits per heavy atom. The van der Waals surface area contributed by atoms with E-state index >= 15 is 0 Å². The summed E-state index contributed by atoms with van der Waals surface area (Å²) in [5.41, 5.74) is 0.407. The highest BCUT2D eigenvalue weighted by molar-refractivity contribution is 8.03. The number of nitriles is 1. The number of carbonyl (C=O) groups is 2. The average molecular weight is 355 g/mol. The van der Waals surface area contributed by atoms with Crippen LogP contribution in [0.3, 0.4) is 0 Å². The molecule has 4 saturated carbocycles. The van der Waals surface area contributed by atoms with Gasteiger partial charge in [-0.2, -0.15) is 5.26 Å². The summed E-state index contributed by atoms with van der Waals surface area (Å²) in [6.45, 7) is 0. The van der Waals surface area contributed by atoms with Gasteiger partial charge in [0.15, 0.2) is 0 Å². The van der Waals surface area contributed by atoms with Gasteiger partial charge in [-0.1, -0.05) is 0 Å². The Kier molecular flexibility index (Phi) is 4.20. The third kappa shape index (κ3) is 3.38. The van der Waals surface area contributed by atoms with E-state index in [1.807, 2.05) is 5.40 Å². The maximum Gasteiger partial charge on any atom is 0.313 e. The number of thioether (sulfide) groups is 1. The summed E-state index contributed by atoms with van der Waals surface area (Å²) >= 11 is 1.06. The van der Waals surface area contributed by atoms with Crippen LogP contribution in [-0.4, -0.2) is 17.4 Å². The number of carbonyl (C=O) groups excluding carboxylic acids is 2. The minimum Gasteiger partial charge on any atom is -0.342 e. The number of nitrogens with zero attached hydrogens (tertiary/aromatic N) is 1. The van der Waals surface area contributed by atoms with E-state index in [1.54, 1.807) is 24.3 Å². The van der Waals surface area contributed by atoms with Crippen molar-refractivity contribution in [3.8, 4) is 5.40 Å². The molecule has 4 fully saturated rings. The highest BCUT2D eigenvalue weighted by atomic mass is 32.2. The molecule has 5 nitrogen and oxygen atoms in total. The molecule has 0 unspecified atom stereocenters. The average Bonchev–Trinajstić information content (AvgIpc) is 2.55. The molecule has 0 heterocycles. The van der Waals surface area contributed by atoms with E-state index in [1.165, 1.54) is 19.3 Å². The lowest BCUT2D eigenvalue weighted by Gasteiger charge is -2.56. The Bertz CT molecular complexity index is 703. The number of nitrogens with one attached hydrogen (secondary N) is 2. The van der Waals surface area contributed by atoms with Crippen molar-refractivity contribution in [1.29, 1.82) is 5.26 Å². The van der Waals surface area contributed by atoms with Crippen molar-refractivity contribution in [3.05, 3.63) is 24.3 Å². The molecule has 4 aliphatic carbocycles. The van der Waals surface area contributed by atoms with Gasteiger partial charge in [0.05, 0.1) is 0 Å². The molecule has 25 heavy (non-hydrogen) atoms. The van der Waals surface area contributed by atoms with Crippen molar-refractivity contribution in [3.63, 3.8) is 0 Å². The van der Waals surface area contributed by atoms with Crippen LogP contribution in [0.2, 0.25) is 0 Å². The van der Waals surface area contributed by atoms with Crippen LogP contribution in [0.25, 0.3) is 0 Å². The van der Waals surface area contributed by atoms with Crippen LogP contribution < -0.4 is 10.6 Å². The summed E-state index contributed by atoms with van der Waals surface area (Å²) in [5.74, 6) is 1.02. The highest BCUT2D eigenvalue weighted by Crippen LogP contribution is 2.55. The van der Waals surface area contributed by atoms with E-state index in [2.05, 4.69) is 10.6 Å². The summed E-state index contributed by atoms with van der Waals surface area (Å²) in [5, 5.41) is 16.4. The molecule has 4 aliphatic rings. The molecule has 0 radical (unpaired) electrons. The van der Waals surface area contributed by atoms with Crippen LogP contribution >= 0.6 is 11.8 Å². The smallest absolute Gasteiger partial charge is 0.313 e. The fourth-order valence-electron chi connectivity index (χ4n) is 5.41. The van der Waals surface area contributed by atoms with Gasteiger partial charge < -0.3 is 10.6 Å². The molecule has 1 aromatic rings. The van der Waals surface area contributed by atoms with Crippen LogP contribution in [0.1, 0.15) is 38.5 Å². The Hall–Kier alpha value is -2.00. The molecule has 1 aromatic carbocycles.